The van der Waals surface area contributed by atoms with E-state index in [1.807, 2.05) is 26.2 Å². The van der Waals surface area contributed by atoms with Crippen LogP contribution in [0.1, 0.15) is 32.0 Å². The molecule has 1 radical (unpaired) electrons. The van der Waals surface area contributed by atoms with Crippen LogP contribution in [0, 0.1) is 13.1 Å². The second-order valence-corrected chi connectivity index (χ2v) is 6.73. The smallest absolute Gasteiger partial charge is 0.222 e. The standard InChI is InChI=1S/C18H20N5O/c1-12-16(6-14(9-19-12)18(2,3)4)24-17-7-15(20-11-21-17)13-8-22-23(5)10-13/h6-8,10-11H,1-5H3. The number of nitrogens with zero attached hydrogens (tertiary/aromatic N) is 5. The Morgan fingerprint density at radius 3 is 2.62 bits per heavy atom. The van der Waals surface area contributed by atoms with E-state index in [9.17, 15) is 0 Å². The van der Waals surface area contributed by atoms with Gasteiger partial charge in [-0.15, -0.1) is 0 Å². The molecule has 0 aliphatic carbocycles. The SMILES string of the molecule is Cc1n[c]c(C(C)(C)C)cc1Oc1cc(-c2cnn(C)c2)ncn1. The molecule has 0 aliphatic heterocycles. The minimum Gasteiger partial charge on any atom is -0.437 e. The molecule has 0 aromatic carbocycles. The molecule has 0 aliphatic rings. The summed E-state index contributed by atoms with van der Waals surface area (Å²) >= 11 is 0. The Morgan fingerprint density at radius 1 is 1.17 bits per heavy atom. The molecule has 24 heavy (non-hydrogen) atoms. The monoisotopic (exact) mass is 322 g/mol. The Morgan fingerprint density at radius 2 is 1.96 bits per heavy atom. The average Bonchev–Trinajstić information content (AvgIpc) is 2.95. The normalized spacial score (nSPS) is 11.5. The van der Waals surface area contributed by atoms with E-state index in [1.165, 1.54) is 6.33 Å². The van der Waals surface area contributed by atoms with Crippen LogP contribution < -0.4 is 4.74 Å². The fraction of sp³-hybridized carbons (Fsp3) is 0.333. The van der Waals surface area contributed by atoms with Crippen LogP contribution in [0.3, 0.4) is 0 Å². The highest BCUT2D eigenvalue weighted by molar-refractivity contribution is 5.57. The zero-order chi connectivity index (χ0) is 17.3. The Labute approximate surface area is 141 Å². The van der Waals surface area contributed by atoms with E-state index in [-0.39, 0.29) is 5.41 Å². The van der Waals surface area contributed by atoms with Gasteiger partial charge in [0.1, 0.15) is 6.33 Å². The van der Waals surface area contributed by atoms with Gasteiger partial charge >= 0.3 is 0 Å². The number of aryl methyl sites for hydroxylation is 2. The van der Waals surface area contributed by atoms with Crippen molar-refractivity contribution >= 4 is 0 Å². The lowest BCUT2D eigenvalue weighted by Gasteiger charge is -2.19. The molecular formula is C18H20N5O. The van der Waals surface area contributed by atoms with Gasteiger partial charge in [0.2, 0.25) is 5.88 Å². The summed E-state index contributed by atoms with van der Waals surface area (Å²) in [4.78, 5) is 12.8. The van der Waals surface area contributed by atoms with Crippen LogP contribution in [0.5, 0.6) is 11.6 Å². The zero-order valence-corrected chi connectivity index (χ0v) is 14.5. The third kappa shape index (κ3) is 3.42. The molecule has 0 unspecified atom stereocenters. The first-order chi connectivity index (χ1) is 11.3. The topological polar surface area (TPSA) is 65.7 Å². The van der Waals surface area contributed by atoms with E-state index < -0.39 is 0 Å². The summed E-state index contributed by atoms with van der Waals surface area (Å²) in [6.07, 6.45) is 8.21. The number of hydrogen-bond acceptors (Lipinski definition) is 5. The minimum absolute atomic E-state index is 0.0502. The quantitative estimate of drug-likeness (QED) is 0.738. The molecule has 6 nitrogen and oxygen atoms in total. The summed E-state index contributed by atoms with van der Waals surface area (Å²) in [7, 11) is 1.87. The van der Waals surface area contributed by atoms with Crippen LogP contribution in [0.15, 0.2) is 30.9 Å². The van der Waals surface area contributed by atoms with Crippen molar-refractivity contribution in [1.82, 2.24) is 24.7 Å². The number of ether oxygens (including phenoxy) is 1. The van der Waals surface area contributed by atoms with Crippen molar-refractivity contribution in [3.8, 4) is 22.9 Å². The molecule has 0 fully saturated rings. The Bertz CT molecular complexity index is 864. The van der Waals surface area contributed by atoms with Crippen molar-refractivity contribution in [2.24, 2.45) is 7.05 Å². The van der Waals surface area contributed by atoms with E-state index in [4.69, 9.17) is 4.74 Å². The van der Waals surface area contributed by atoms with Crippen molar-refractivity contribution in [2.45, 2.75) is 33.1 Å². The average molecular weight is 322 g/mol. The lowest BCUT2D eigenvalue weighted by Crippen LogP contribution is -2.12. The third-order valence-corrected chi connectivity index (χ3v) is 3.64. The molecule has 0 atom stereocenters. The van der Waals surface area contributed by atoms with Crippen molar-refractivity contribution in [2.75, 3.05) is 0 Å². The Hall–Kier alpha value is -2.76. The molecule has 3 aromatic rings. The van der Waals surface area contributed by atoms with Crippen LogP contribution in [-0.2, 0) is 12.5 Å². The molecule has 0 bridgehead atoms. The van der Waals surface area contributed by atoms with E-state index in [1.54, 1.807) is 16.9 Å². The van der Waals surface area contributed by atoms with Gasteiger partial charge in [0.15, 0.2) is 5.75 Å². The Balaban J connectivity index is 1.92. The number of hydrogen-bond donors (Lipinski definition) is 0. The maximum atomic E-state index is 5.95. The third-order valence-electron chi connectivity index (χ3n) is 3.64. The number of pyridine rings is 1. The Kier molecular flexibility index (Phi) is 4.05. The second kappa shape index (κ2) is 6.03. The van der Waals surface area contributed by atoms with Gasteiger partial charge in [-0.3, -0.25) is 4.68 Å². The summed E-state index contributed by atoms with van der Waals surface area (Å²) in [6, 6.07) is 3.76. The fourth-order valence-corrected chi connectivity index (χ4v) is 2.17. The van der Waals surface area contributed by atoms with Gasteiger partial charge in [0.25, 0.3) is 0 Å². The van der Waals surface area contributed by atoms with Crippen LogP contribution in [0.25, 0.3) is 11.3 Å². The predicted octanol–water partition coefficient (Wildman–Crippen LogP) is 3.47. The van der Waals surface area contributed by atoms with Crippen LogP contribution in [-0.4, -0.2) is 24.7 Å². The molecule has 3 heterocycles. The number of rotatable bonds is 3. The van der Waals surface area contributed by atoms with Crippen molar-refractivity contribution < 1.29 is 4.74 Å². The highest BCUT2D eigenvalue weighted by Gasteiger charge is 2.17. The number of aromatic nitrogens is 5. The summed E-state index contributed by atoms with van der Waals surface area (Å²) in [5.74, 6) is 1.15. The molecule has 0 saturated heterocycles. The van der Waals surface area contributed by atoms with E-state index in [2.05, 4.69) is 47.0 Å². The summed E-state index contributed by atoms with van der Waals surface area (Å²) in [5.41, 5.74) is 3.38. The first-order valence-electron chi connectivity index (χ1n) is 7.71. The van der Waals surface area contributed by atoms with Crippen LogP contribution >= 0.6 is 0 Å². The van der Waals surface area contributed by atoms with Gasteiger partial charge in [-0.2, -0.15) is 5.10 Å². The van der Waals surface area contributed by atoms with Gasteiger partial charge in [-0.25, -0.2) is 15.0 Å². The van der Waals surface area contributed by atoms with Gasteiger partial charge in [0, 0.05) is 24.9 Å². The van der Waals surface area contributed by atoms with Crippen LogP contribution in [0.4, 0.5) is 0 Å². The van der Waals surface area contributed by atoms with Crippen molar-refractivity contribution in [1.29, 1.82) is 0 Å². The molecule has 123 valence electrons. The maximum Gasteiger partial charge on any atom is 0.222 e. The largest absolute Gasteiger partial charge is 0.437 e. The van der Waals surface area contributed by atoms with Crippen molar-refractivity contribution in [3.05, 3.63) is 48.3 Å². The second-order valence-electron chi connectivity index (χ2n) is 6.73. The summed E-state index contributed by atoms with van der Waals surface area (Å²) in [6.45, 7) is 8.24. The summed E-state index contributed by atoms with van der Waals surface area (Å²) < 4.78 is 7.68. The molecule has 0 spiro atoms. The van der Waals surface area contributed by atoms with E-state index in [0.29, 0.717) is 11.6 Å². The first kappa shape index (κ1) is 16.1. The molecule has 6 heteroatoms. The minimum atomic E-state index is -0.0502. The zero-order valence-electron chi connectivity index (χ0n) is 14.5. The highest BCUT2D eigenvalue weighted by atomic mass is 16.5. The van der Waals surface area contributed by atoms with Gasteiger partial charge in [-0.1, -0.05) is 20.8 Å². The molecular weight excluding hydrogens is 302 g/mol. The lowest BCUT2D eigenvalue weighted by molar-refractivity contribution is 0.451. The summed E-state index contributed by atoms with van der Waals surface area (Å²) in [5, 5.41) is 4.16. The molecule has 0 N–H and O–H groups in total. The lowest BCUT2D eigenvalue weighted by atomic mass is 9.88. The van der Waals surface area contributed by atoms with Gasteiger partial charge in [-0.05, 0) is 24.0 Å². The highest BCUT2D eigenvalue weighted by Crippen LogP contribution is 2.29. The molecule has 0 amide bonds. The van der Waals surface area contributed by atoms with Gasteiger partial charge < -0.3 is 4.74 Å². The predicted molar refractivity (Wildman–Crippen MR) is 90.8 cm³/mol. The van der Waals surface area contributed by atoms with Gasteiger partial charge in [0.05, 0.1) is 23.8 Å². The molecule has 0 saturated carbocycles. The molecule has 3 rings (SSSR count). The first-order valence-corrected chi connectivity index (χ1v) is 7.71. The fourth-order valence-electron chi connectivity index (χ4n) is 2.17. The van der Waals surface area contributed by atoms with E-state index >= 15 is 0 Å². The van der Waals surface area contributed by atoms with Crippen LogP contribution in [0.2, 0.25) is 0 Å². The molecule has 3 aromatic heterocycles. The van der Waals surface area contributed by atoms with Crippen molar-refractivity contribution in [3.63, 3.8) is 0 Å². The maximum absolute atomic E-state index is 5.95. The van der Waals surface area contributed by atoms with E-state index in [0.717, 1.165) is 22.5 Å².